The molecule has 6 heteroatoms. The summed E-state index contributed by atoms with van der Waals surface area (Å²) in [6.45, 7) is 5.89. The Kier molecular flexibility index (Phi) is 7.17. The molecular weight excluding hydrogens is 356 g/mol. The van der Waals surface area contributed by atoms with Crippen LogP contribution in [0.15, 0.2) is 48.5 Å². The molecule has 28 heavy (non-hydrogen) atoms. The third kappa shape index (κ3) is 5.65. The molecule has 0 aliphatic carbocycles. The second-order valence-electron chi connectivity index (χ2n) is 6.72. The second-order valence-corrected chi connectivity index (χ2v) is 6.72. The Labute approximate surface area is 165 Å². The molecule has 0 radical (unpaired) electrons. The summed E-state index contributed by atoms with van der Waals surface area (Å²) in [7, 11) is 0. The summed E-state index contributed by atoms with van der Waals surface area (Å²) in [5.74, 6) is -0.852. The molecule has 0 saturated carbocycles. The minimum absolute atomic E-state index is 0.313. The van der Waals surface area contributed by atoms with Crippen LogP contribution in [0.1, 0.15) is 28.4 Å². The van der Waals surface area contributed by atoms with Gasteiger partial charge in [-0.2, -0.15) is 0 Å². The summed E-state index contributed by atoms with van der Waals surface area (Å²) < 4.78 is 10.5. The highest BCUT2D eigenvalue weighted by Crippen LogP contribution is 2.15. The topological polar surface area (TPSA) is 67.9 Å². The number of nitrogens with zero attached hydrogens (tertiary/aromatic N) is 1. The predicted molar refractivity (Wildman–Crippen MR) is 107 cm³/mol. The van der Waals surface area contributed by atoms with Gasteiger partial charge in [-0.1, -0.05) is 37.3 Å². The number of rotatable bonds is 7. The van der Waals surface area contributed by atoms with Crippen molar-refractivity contribution in [1.29, 1.82) is 0 Å². The third-order valence-electron chi connectivity index (χ3n) is 4.71. The van der Waals surface area contributed by atoms with Crippen molar-refractivity contribution in [2.24, 2.45) is 0 Å². The number of hydrogen-bond donors (Lipinski definition) is 1. The zero-order chi connectivity index (χ0) is 19.8. The van der Waals surface area contributed by atoms with Gasteiger partial charge in [0.25, 0.3) is 5.91 Å². The lowest BCUT2D eigenvalue weighted by Crippen LogP contribution is -2.35. The molecular formula is C22H26N2O4. The van der Waals surface area contributed by atoms with E-state index in [9.17, 15) is 9.59 Å². The molecule has 1 fully saturated rings. The molecule has 1 saturated heterocycles. The van der Waals surface area contributed by atoms with Gasteiger partial charge < -0.3 is 14.8 Å². The summed E-state index contributed by atoms with van der Waals surface area (Å²) in [6, 6.07) is 14.9. The Morgan fingerprint density at radius 2 is 1.79 bits per heavy atom. The normalized spacial score (nSPS) is 14.5. The van der Waals surface area contributed by atoms with Gasteiger partial charge in [-0.3, -0.25) is 9.69 Å². The average molecular weight is 382 g/mol. The van der Waals surface area contributed by atoms with E-state index in [1.807, 2.05) is 43.3 Å². The maximum Gasteiger partial charge on any atom is 0.338 e. The molecule has 0 aromatic heterocycles. The Balaban J connectivity index is 1.48. The van der Waals surface area contributed by atoms with Crippen molar-refractivity contribution < 1.29 is 19.1 Å². The zero-order valence-corrected chi connectivity index (χ0v) is 16.1. The molecule has 3 rings (SSSR count). The number of carbonyl (C=O) groups is 2. The molecule has 2 aromatic rings. The van der Waals surface area contributed by atoms with E-state index >= 15 is 0 Å². The summed E-state index contributed by atoms with van der Waals surface area (Å²) in [4.78, 5) is 26.6. The van der Waals surface area contributed by atoms with Crippen LogP contribution in [0.25, 0.3) is 0 Å². The van der Waals surface area contributed by atoms with E-state index in [-0.39, 0.29) is 12.5 Å². The highest BCUT2D eigenvalue weighted by molar-refractivity contribution is 5.95. The summed E-state index contributed by atoms with van der Waals surface area (Å²) in [5.41, 5.74) is 3.36. The van der Waals surface area contributed by atoms with Crippen LogP contribution in [0.2, 0.25) is 0 Å². The van der Waals surface area contributed by atoms with Gasteiger partial charge in [0, 0.05) is 25.3 Å². The van der Waals surface area contributed by atoms with Crippen molar-refractivity contribution >= 4 is 17.6 Å². The molecule has 0 atom stereocenters. The first-order valence-electron chi connectivity index (χ1n) is 9.59. The van der Waals surface area contributed by atoms with Gasteiger partial charge in [-0.15, -0.1) is 0 Å². The van der Waals surface area contributed by atoms with Gasteiger partial charge in [0.05, 0.1) is 18.8 Å². The number of benzene rings is 2. The molecule has 148 valence electrons. The van der Waals surface area contributed by atoms with E-state index in [1.165, 1.54) is 0 Å². The van der Waals surface area contributed by atoms with Gasteiger partial charge in [-0.25, -0.2) is 4.79 Å². The largest absolute Gasteiger partial charge is 0.452 e. The number of esters is 1. The molecule has 1 aliphatic heterocycles. The number of ether oxygens (including phenoxy) is 2. The number of morpholine rings is 1. The fourth-order valence-electron chi connectivity index (χ4n) is 3.11. The Hall–Kier alpha value is -2.70. The lowest BCUT2D eigenvalue weighted by atomic mass is 10.1. The van der Waals surface area contributed by atoms with Crippen molar-refractivity contribution in [3.05, 3.63) is 65.2 Å². The van der Waals surface area contributed by atoms with E-state index in [4.69, 9.17) is 9.47 Å². The minimum Gasteiger partial charge on any atom is -0.452 e. The predicted octanol–water partition coefficient (Wildman–Crippen LogP) is 2.88. The smallest absolute Gasteiger partial charge is 0.338 e. The highest BCUT2D eigenvalue weighted by atomic mass is 16.5. The van der Waals surface area contributed by atoms with Gasteiger partial charge in [0.2, 0.25) is 0 Å². The average Bonchev–Trinajstić information content (AvgIpc) is 2.74. The maximum absolute atomic E-state index is 12.2. The van der Waals surface area contributed by atoms with Crippen LogP contribution in [0.5, 0.6) is 0 Å². The number of amides is 1. The molecule has 0 spiro atoms. The quantitative estimate of drug-likeness (QED) is 0.746. The first-order valence-corrected chi connectivity index (χ1v) is 9.59. The maximum atomic E-state index is 12.2. The number of hydrogen-bond acceptors (Lipinski definition) is 5. The van der Waals surface area contributed by atoms with Gasteiger partial charge in [-0.05, 0) is 35.7 Å². The molecule has 1 N–H and O–H groups in total. The van der Waals surface area contributed by atoms with Crippen LogP contribution in [-0.4, -0.2) is 49.7 Å². The molecule has 0 unspecified atom stereocenters. The second kappa shape index (κ2) is 10.0. The lowest BCUT2D eigenvalue weighted by molar-refractivity contribution is -0.119. The van der Waals surface area contributed by atoms with Gasteiger partial charge >= 0.3 is 5.97 Å². The van der Waals surface area contributed by atoms with Crippen molar-refractivity contribution in [2.45, 2.75) is 19.9 Å². The first-order chi connectivity index (χ1) is 13.7. The van der Waals surface area contributed by atoms with Gasteiger partial charge in [0.15, 0.2) is 6.61 Å². The fraction of sp³-hybridized carbons (Fsp3) is 0.364. The molecule has 1 heterocycles. The number of anilines is 1. The number of para-hydroxylation sites is 1. The van der Waals surface area contributed by atoms with E-state index in [0.29, 0.717) is 5.56 Å². The molecule has 6 nitrogen and oxygen atoms in total. The fourth-order valence-corrected chi connectivity index (χ4v) is 3.11. The first kappa shape index (κ1) is 20.0. The SMILES string of the molecule is CCc1ccccc1NC(=O)COC(=O)c1ccc(CN2CCOCC2)cc1. The van der Waals surface area contributed by atoms with E-state index in [0.717, 1.165) is 56.1 Å². The molecule has 2 aromatic carbocycles. The Morgan fingerprint density at radius 3 is 2.50 bits per heavy atom. The number of nitrogens with one attached hydrogen (secondary N) is 1. The van der Waals surface area contributed by atoms with Crippen LogP contribution < -0.4 is 5.32 Å². The van der Waals surface area contributed by atoms with Crippen molar-refractivity contribution in [1.82, 2.24) is 4.90 Å². The Morgan fingerprint density at radius 1 is 1.07 bits per heavy atom. The lowest BCUT2D eigenvalue weighted by Gasteiger charge is -2.26. The monoisotopic (exact) mass is 382 g/mol. The standard InChI is InChI=1S/C22H26N2O4/c1-2-18-5-3-4-6-20(18)23-21(25)16-28-22(26)19-9-7-17(8-10-19)15-24-11-13-27-14-12-24/h3-10H,2,11-16H2,1H3,(H,23,25). The Bertz CT molecular complexity index is 798. The molecule has 1 aliphatic rings. The van der Waals surface area contributed by atoms with Crippen LogP contribution in [0.4, 0.5) is 5.69 Å². The van der Waals surface area contributed by atoms with Crippen LogP contribution in [-0.2, 0) is 27.2 Å². The van der Waals surface area contributed by atoms with Crippen LogP contribution in [0.3, 0.4) is 0 Å². The van der Waals surface area contributed by atoms with Gasteiger partial charge in [0.1, 0.15) is 0 Å². The minimum atomic E-state index is -0.503. The highest BCUT2D eigenvalue weighted by Gasteiger charge is 2.13. The number of aryl methyl sites for hydroxylation is 1. The third-order valence-corrected chi connectivity index (χ3v) is 4.71. The summed E-state index contributed by atoms with van der Waals surface area (Å²) >= 11 is 0. The van der Waals surface area contributed by atoms with Crippen LogP contribution in [0, 0.1) is 0 Å². The van der Waals surface area contributed by atoms with Crippen LogP contribution >= 0.6 is 0 Å². The molecule has 0 bridgehead atoms. The van der Waals surface area contributed by atoms with Crippen molar-refractivity contribution in [2.75, 3.05) is 38.2 Å². The zero-order valence-electron chi connectivity index (χ0n) is 16.1. The summed E-state index contributed by atoms with van der Waals surface area (Å²) in [6.07, 6.45) is 0.813. The van der Waals surface area contributed by atoms with E-state index in [2.05, 4.69) is 10.2 Å². The van der Waals surface area contributed by atoms with E-state index < -0.39 is 5.97 Å². The van der Waals surface area contributed by atoms with Crippen molar-refractivity contribution in [3.8, 4) is 0 Å². The summed E-state index contributed by atoms with van der Waals surface area (Å²) in [5, 5.41) is 2.79. The van der Waals surface area contributed by atoms with E-state index in [1.54, 1.807) is 12.1 Å². The number of carbonyl (C=O) groups excluding carboxylic acids is 2. The van der Waals surface area contributed by atoms with Crippen molar-refractivity contribution in [3.63, 3.8) is 0 Å². The molecule has 1 amide bonds.